The molecule has 3 aromatic rings. The van der Waals surface area contributed by atoms with Crippen LogP contribution in [0, 0.1) is 0 Å². The molecular formula is C19H20N2. The zero-order valence-electron chi connectivity index (χ0n) is 12.3. The number of benzene rings is 2. The van der Waals surface area contributed by atoms with Gasteiger partial charge in [-0.25, -0.2) is 0 Å². The van der Waals surface area contributed by atoms with Crippen LogP contribution in [0.4, 0.5) is 0 Å². The third-order valence-electron chi connectivity index (χ3n) is 3.87. The Morgan fingerprint density at radius 3 is 2.76 bits per heavy atom. The third kappa shape index (κ3) is 2.81. The van der Waals surface area contributed by atoms with Crippen molar-refractivity contribution in [1.82, 2.24) is 4.98 Å². The van der Waals surface area contributed by atoms with E-state index < -0.39 is 0 Å². The molecule has 0 fully saturated rings. The van der Waals surface area contributed by atoms with Crippen molar-refractivity contribution in [1.29, 1.82) is 0 Å². The number of hydrogen-bond acceptors (Lipinski definition) is 2. The normalized spacial score (nSPS) is 12.5. The zero-order valence-corrected chi connectivity index (χ0v) is 12.3. The number of para-hydroxylation sites is 1. The largest absolute Gasteiger partial charge is 0.320 e. The first kappa shape index (κ1) is 13.8. The summed E-state index contributed by atoms with van der Waals surface area (Å²) in [6, 6.07) is 18.7. The summed E-state index contributed by atoms with van der Waals surface area (Å²) < 4.78 is 0. The molecule has 106 valence electrons. The fourth-order valence-electron chi connectivity index (χ4n) is 2.80. The van der Waals surface area contributed by atoms with Gasteiger partial charge in [-0.3, -0.25) is 4.98 Å². The summed E-state index contributed by atoms with van der Waals surface area (Å²) in [5.41, 5.74) is 11.2. The molecule has 2 heteroatoms. The maximum Gasteiger partial charge on any atom is 0.0705 e. The molecule has 2 aromatic carbocycles. The summed E-state index contributed by atoms with van der Waals surface area (Å²) >= 11 is 0. The molecule has 21 heavy (non-hydrogen) atoms. The van der Waals surface area contributed by atoms with E-state index in [0.717, 1.165) is 34.9 Å². The predicted molar refractivity (Wildman–Crippen MR) is 88.2 cm³/mol. The monoisotopic (exact) mass is 276 g/mol. The van der Waals surface area contributed by atoms with E-state index in [9.17, 15) is 0 Å². The Kier molecular flexibility index (Phi) is 3.98. The molecule has 1 unspecified atom stereocenters. The van der Waals surface area contributed by atoms with Crippen molar-refractivity contribution in [2.45, 2.75) is 25.8 Å². The predicted octanol–water partition coefficient (Wildman–Crippen LogP) is 4.24. The molecule has 2 N–H and O–H groups in total. The molecule has 1 atom stereocenters. The Bertz CT molecular complexity index is 744. The first-order valence-corrected chi connectivity index (χ1v) is 7.47. The average molecular weight is 276 g/mol. The van der Waals surface area contributed by atoms with Crippen LogP contribution < -0.4 is 5.73 Å². The molecule has 1 aromatic heterocycles. The Morgan fingerprint density at radius 1 is 1.05 bits per heavy atom. The van der Waals surface area contributed by atoms with Gasteiger partial charge in [0.05, 0.1) is 11.6 Å². The molecule has 0 aliphatic heterocycles. The maximum atomic E-state index is 6.52. The topological polar surface area (TPSA) is 38.9 Å². The maximum absolute atomic E-state index is 6.52. The minimum absolute atomic E-state index is 0.116. The Balaban J connectivity index is 2.04. The number of pyridine rings is 1. The van der Waals surface area contributed by atoms with Gasteiger partial charge in [-0.05, 0) is 35.2 Å². The van der Waals surface area contributed by atoms with Gasteiger partial charge in [0.15, 0.2) is 0 Å². The third-order valence-corrected chi connectivity index (χ3v) is 3.87. The number of aromatic nitrogens is 1. The number of hydrogen-bond donors (Lipinski definition) is 1. The summed E-state index contributed by atoms with van der Waals surface area (Å²) in [7, 11) is 0. The SMILES string of the molecule is CCCc1cccc(C(N)c2ccnc3ccccc23)c1. The van der Waals surface area contributed by atoms with Gasteiger partial charge in [-0.2, -0.15) is 0 Å². The van der Waals surface area contributed by atoms with Crippen LogP contribution in [-0.2, 0) is 6.42 Å². The van der Waals surface area contributed by atoms with Crippen molar-refractivity contribution in [3.63, 3.8) is 0 Å². The highest BCUT2D eigenvalue weighted by molar-refractivity contribution is 5.82. The van der Waals surface area contributed by atoms with Crippen LogP contribution in [0.15, 0.2) is 60.8 Å². The van der Waals surface area contributed by atoms with Crippen molar-refractivity contribution in [3.8, 4) is 0 Å². The van der Waals surface area contributed by atoms with Crippen molar-refractivity contribution in [2.75, 3.05) is 0 Å². The van der Waals surface area contributed by atoms with Crippen LogP contribution in [0.1, 0.15) is 36.1 Å². The van der Waals surface area contributed by atoms with Crippen LogP contribution in [0.25, 0.3) is 10.9 Å². The lowest BCUT2D eigenvalue weighted by molar-refractivity contribution is 0.864. The van der Waals surface area contributed by atoms with Crippen molar-refractivity contribution >= 4 is 10.9 Å². The summed E-state index contributed by atoms with van der Waals surface area (Å²) in [5, 5.41) is 1.13. The number of fused-ring (bicyclic) bond motifs is 1. The van der Waals surface area contributed by atoms with Crippen molar-refractivity contribution < 1.29 is 0 Å². The molecule has 0 bridgehead atoms. The average Bonchev–Trinajstić information content (AvgIpc) is 2.54. The molecule has 0 aliphatic rings. The lowest BCUT2D eigenvalue weighted by Crippen LogP contribution is -2.12. The molecule has 0 radical (unpaired) electrons. The highest BCUT2D eigenvalue weighted by Crippen LogP contribution is 2.26. The van der Waals surface area contributed by atoms with Crippen LogP contribution >= 0.6 is 0 Å². The summed E-state index contributed by atoms with van der Waals surface area (Å²) in [4.78, 5) is 4.41. The molecule has 0 saturated heterocycles. The summed E-state index contributed by atoms with van der Waals surface area (Å²) in [6.45, 7) is 2.20. The zero-order chi connectivity index (χ0) is 14.7. The van der Waals surface area contributed by atoms with Crippen molar-refractivity contribution in [2.24, 2.45) is 5.73 Å². The van der Waals surface area contributed by atoms with E-state index in [4.69, 9.17) is 5.73 Å². The Hall–Kier alpha value is -2.19. The van der Waals surface area contributed by atoms with Gasteiger partial charge in [0.1, 0.15) is 0 Å². The summed E-state index contributed by atoms with van der Waals surface area (Å²) in [6.07, 6.45) is 4.09. The smallest absolute Gasteiger partial charge is 0.0705 e. The molecule has 3 rings (SSSR count). The fraction of sp³-hybridized carbons (Fsp3) is 0.211. The number of aryl methyl sites for hydroxylation is 1. The van der Waals surface area contributed by atoms with E-state index in [0.29, 0.717) is 0 Å². The second-order valence-electron chi connectivity index (χ2n) is 5.39. The van der Waals surface area contributed by atoms with Crippen LogP contribution in [0.5, 0.6) is 0 Å². The lowest BCUT2D eigenvalue weighted by atomic mass is 9.94. The number of nitrogens with two attached hydrogens (primary N) is 1. The number of nitrogens with zero attached hydrogens (tertiary/aromatic N) is 1. The molecule has 0 aliphatic carbocycles. The fourth-order valence-corrected chi connectivity index (χ4v) is 2.80. The van der Waals surface area contributed by atoms with Gasteiger partial charge in [-0.15, -0.1) is 0 Å². The minimum Gasteiger partial charge on any atom is -0.320 e. The quantitative estimate of drug-likeness (QED) is 0.774. The van der Waals surface area contributed by atoms with Crippen LogP contribution in [0.3, 0.4) is 0 Å². The lowest BCUT2D eigenvalue weighted by Gasteiger charge is -2.16. The molecular weight excluding hydrogens is 256 g/mol. The first-order valence-electron chi connectivity index (χ1n) is 7.47. The van der Waals surface area contributed by atoms with Gasteiger partial charge in [0, 0.05) is 11.6 Å². The Labute approximate surface area is 125 Å². The van der Waals surface area contributed by atoms with Gasteiger partial charge in [0.2, 0.25) is 0 Å². The summed E-state index contributed by atoms with van der Waals surface area (Å²) in [5.74, 6) is 0. The first-order chi connectivity index (χ1) is 10.3. The second-order valence-corrected chi connectivity index (χ2v) is 5.39. The second kappa shape index (κ2) is 6.06. The van der Waals surface area contributed by atoms with Crippen molar-refractivity contribution in [3.05, 3.63) is 77.5 Å². The van der Waals surface area contributed by atoms with Gasteiger partial charge in [-0.1, -0.05) is 55.8 Å². The highest BCUT2D eigenvalue weighted by atomic mass is 14.7. The standard InChI is InChI=1S/C19H20N2/c1-2-6-14-7-5-8-15(13-14)19(20)17-11-12-21-18-10-4-3-9-16(17)18/h3-5,7-13,19H,2,6,20H2,1H3. The molecule has 0 amide bonds. The van der Waals surface area contributed by atoms with E-state index in [1.54, 1.807) is 0 Å². The van der Waals surface area contributed by atoms with E-state index >= 15 is 0 Å². The minimum atomic E-state index is -0.116. The van der Waals surface area contributed by atoms with E-state index in [2.05, 4.69) is 42.2 Å². The van der Waals surface area contributed by atoms with Gasteiger partial charge >= 0.3 is 0 Å². The van der Waals surface area contributed by atoms with Gasteiger partial charge in [0.25, 0.3) is 0 Å². The van der Waals surface area contributed by atoms with E-state index in [1.165, 1.54) is 5.56 Å². The molecule has 1 heterocycles. The highest BCUT2D eigenvalue weighted by Gasteiger charge is 2.12. The van der Waals surface area contributed by atoms with E-state index in [-0.39, 0.29) is 6.04 Å². The van der Waals surface area contributed by atoms with Gasteiger partial charge < -0.3 is 5.73 Å². The number of rotatable bonds is 4. The molecule has 0 saturated carbocycles. The van der Waals surface area contributed by atoms with Crippen LogP contribution in [-0.4, -0.2) is 4.98 Å². The van der Waals surface area contributed by atoms with E-state index in [1.807, 2.05) is 30.5 Å². The van der Waals surface area contributed by atoms with Crippen LogP contribution in [0.2, 0.25) is 0 Å². The molecule has 2 nitrogen and oxygen atoms in total. The Morgan fingerprint density at radius 2 is 1.90 bits per heavy atom. The molecule has 0 spiro atoms.